The maximum atomic E-state index is 12.5. The van der Waals surface area contributed by atoms with E-state index in [2.05, 4.69) is 5.32 Å². The molecule has 0 aliphatic heterocycles. The Morgan fingerprint density at radius 1 is 0.923 bits per heavy atom. The van der Waals surface area contributed by atoms with Crippen LogP contribution < -0.4 is 11.1 Å². The van der Waals surface area contributed by atoms with Gasteiger partial charge >= 0.3 is 5.97 Å². The largest absolute Gasteiger partial charge is 0.480 e. The number of rotatable bonds is 8. The molecule has 0 unspecified atom stereocenters. The molecule has 26 heavy (non-hydrogen) atoms. The van der Waals surface area contributed by atoms with Crippen LogP contribution in [0.5, 0.6) is 0 Å². The highest BCUT2D eigenvalue weighted by molar-refractivity contribution is 5.86. The minimum absolute atomic E-state index is 0.259. The summed E-state index contributed by atoms with van der Waals surface area (Å²) in [6.45, 7) is 2.48. The molecule has 1 saturated carbocycles. The highest BCUT2D eigenvalue weighted by Crippen LogP contribution is 2.26. The standard InChI is InChI=1S/C21H40N2O3/c1-18(24)21(23-17-13-10-14-19(22)20(25)26)15-11-8-6-4-2-3-5-7-9-12-16-21/h19,23H,2-17,22H2,1H3,(H,25,26)/t19-/m0/s1. The number of carboxylic acids is 1. The van der Waals surface area contributed by atoms with E-state index in [9.17, 15) is 9.59 Å². The van der Waals surface area contributed by atoms with E-state index >= 15 is 0 Å². The first-order chi connectivity index (χ1) is 12.5. The number of hydrogen-bond acceptors (Lipinski definition) is 4. The van der Waals surface area contributed by atoms with Crippen LogP contribution >= 0.6 is 0 Å². The topological polar surface area (TPSA) is 92.4 Å². The van der Waals surface area contributed by atoms with Crippen molar-refractivity contribution in [3.8, 4) is 0 Å². The molecule has 0 aromatic carbocycles. The van der Waals surface area contributed by atoms with E-state index in [1.165, 1.54) is 51.4 Å². The lowest BCUT2D eigenvalue weighted by Gasteiger charge is -2.33. The molecule has 0 bridgehead atoms. The van der Waals surface area contributed by atoms with Gasteiger partial charge in [0.2, 0.25) is 0 Å². The Morgan fingerprint density at radius 3 is 1.81 bits per heavy atom. The van der Waals surface area contributed by atoms with Gasteiger partial charge in [-0.05, 0) is 39.2 Å². The SMILES string of the molecule is CC(=O)C1(NCCCC[C@H](N)C(=O)O)CCCCCCCCCCCC1. The molecule has 0 aromatic rings. The maximum Gasteiger partial charge on any atom is 0.320 e. The van der Waals surface area contributed by atoms with E-state index in [0.29, 0.717) is 6.42 Å². The van der Waals surface area contributed by atoms with Crippen molar-refractivity contribution in [1.29, 1.82) is 0 Å². The minimum Gasteiger partial charge on any atom is -0.480 e. The number of nitrogens with two attached hydrogens (primary N) is 1. The first-order valence-electron chi connectivity index (χ1n) is 10.7. The zero-order valence-electron chi connectivity index (χ0n) is 16.7. The molecule has 1 aliphatic rings. The second-order valence-electron chi connectivity index (χ2n) is 8.04. The Bertz CT molecular complexity index is 398. The fourth-order valence-electron chi connectivity index (χ4n) is 3.99. The van der Waals surface area contributed by atoms with Gasteiger partial charge in [0.05, 0.1) is 5.54 Å². The van der Waals surface area contributed by atoms with Crippen LogP contribution in [0.4, 0.5) is 0 Å². The molecule has 1 fully saturated rings. The number of aliphatic carboxylic acids is 1. The molecule has 0 heterocycles. The third-order valence-electron chi connectivity index (χ3n) is 5.85. The zero-order valence-corrected chi connectivity index (χ0v) is 16.7. The number of hydrogen-bond donors (Lipinski definition) is 3. The fourth-order valence-corrected chi connectivity index (χ4v) is 3.99. The van der Waals surface area contributed by atoms with Crippen LogP contribution in [0.1, 0.15) is 103 Å². The lowest BCUT2D eigenvalue weighted by atomic mass is 9.83. The molecular weight excluding hydrogens is 328 g/mol. The molecule has 0 saturated heterocycles. The van der Waals surface area contributed by atoms with Crippen LogP contribution in [0.2, 0.25) is 0 Å². The highest BCUT2D eigenvalue weighted by atomic mass is 16.4. The number of Topliss-reactive ketones (excluding diaryl/α,β-unsaturated/α-hetero) is 1. The number of ketones is 1. The van der Waals surface area contributed by atoms with Gasteiger partial charge < -0.3 is 16.2 Å². The number of carbonyl (C=O) groups is 2. The van der Waals surface area contributed by atoms with Gasteiger partial charge in [-0.3, -0.25) is 9.59 Å². The van der Waals surface area contributed by atoms with E-state index in [1.54, 1.807) is 6.92 Å². The van der Waals surface area contributed by atoms with Crippen molar-refractivity contribution in [1.82, 2.24) is 5.32 Å². The van der Waals surface area contributed by atoms with Gasteiger partial charge in [-0.25, -0.2) is 0 Å². The fraction of sp³-hybridized carbons (Fsp3) is 0.905. The van der Waals surface area contributed by atoms with Gasteiger partial charge in [-0.1, -0.05) is 70.6 Å². The van der Waals surface area contributed by atoms with E-state index < -0.39 is 12.0 Å². The Morgan fingerprint density at radius 2 is 1.38 bits per heavy atom. The van der Waals surface area contributed by atoms with E-state index in [0.717, 1.165) is 45.1 Å². The first-order valence-corrected chi connectivity index (χ1v) is 10.7. The quantitative estimate of drug-likeness (QED) is 0.559. The Labute approximate surface area is 159 Å². The zero-order chi connectivity index (χ0) is 19.3. The summed E-state index contributed by atoms with van der Waals surface area (Å²) in [6, 6.07) is -0.776. The number of unbranched alkanes of at least 4 members (excludes halogenated alkanes) is 1. The maximum absolute atomic E-state index is 12.5. The van der Waals surface area contributed by atoms with Gasteiger partial charge in [-0.15, -0.1) is 0 Å². The van der Waals surface area contributed by atoms with Crippen molar-refractivity contribution in [2.75, 3.05) is 6.54 Å². The average Bonchev–Trinajstić information content (AvgIpc) is 2.62. The summed E-state index contributed by atoms with van der Waals surface area (Å²) >= 11 is 0. The average molecular weight is 369 g/mol. The van der Waals surface area contributed by atoms with Crippen LogP contribution in [0.15, 0.2) is 0 Å². The molecule has 1 rings (SSSR count). The molecule has 1 atom stereocenters. The van der Waals surface area contributed by atoms with E-state index in [1.807, 2.05) is 0 Å². The molecule has 0 amide bonds. The van der Waals surface area contributed by atoms with Crippen molar-refractivity contribution >= 4 is 11.8 Å². The summed E-state index contributed by atoms with van der Waals surface area (Å²) < 4.78 is 0. The summed E-state index contributed by atoms with van der Waals surface area (Å²) in [4.78, 5) is 23.3. The van der Waals surface area contributed by atoms with Crippen molar-refractivity contribution < 1.29 is 14.7 Å². The van der Waals surface area contributed by atoms with Crippen LogP contribution in [0.25, 0.3) is 0 Å². The second kappa shape index (κ2) is 13.3. The molecule has 0 spiro atoms. The molecule has 152 valence electrons. The van der Waals surface area contributed by atoms with Crippen LogP contribution in [0.3, 0.4) is 0 Å². The molecule has 1 aliphatic carbocycles. The predicted molar refractivity (Wildman–Crippen MR) is 106 cm³/mol. The first kappa shape index (κ1) is 23.1. The molecule has 0 radical (unpaired) electrons. The Hall–Kier alpha value is -0.940. The lowest BCUT2D eigenvalue weighted by Crippen LogP contribution is -2.51. The number of carboxylic acid groups (broad SMARTS) is 1. The van der Waals surface area contributed by atoms with Crippen LogP contribution in [-0.4, -0.2) is 35.0 Å². The number of carbonyl (C=O) groups excluding carboxylic acids is 1. The summed E-state index contributed by atoms with van der Waals surface area (Å²) in [7, 11) is 0. The normalized spacial score (nSPS) is 21.0. The molecule has 5 nitrogen and oxygen atoms in total. The summed E-state index contributed by atoms with van der Waals surface area (Å²) in [6.07, 6.45) is 16.5. The Kier molecular flexibility index (Phi) is 11.8. The lowest BCUT2D eigenvalue weighted by molar-refractivity contribution is -0.138. The predicted octanol–water partition coefficient (Wildman–Crippen LogP) is 4.18. The molecule has 4 N–H and O–H groups in total. The third-order valence-corrected chi connectivity index (χ3v) is 5.85. The van der Waals surface area contributed by atoms with Gasteiger partial charge in [-0.2, -0.15) is 0 Å². The van der Waals surface area contributed by atoms with Gasteiger partial charge in [0.15, 0.2) is 0 Å². The smallest absolute Gasteiger partial charge is 0.320 e. The molecule has 5 heteroatoms. The summed E-state index contributed by atoms with van der Waals surface area (Å²) in [5.41, 5.74) is 5.17. The monoisotopic (exact) mass is 368 g/mol. The van der Waals surface area contributed by atoms with Crippen molar-refractivity contribution in [2.24, 2.45) is 5.73 Å². The van der Waals surface area contributed by atoms with Crippen molar-refractivity contribution in [3.63, 3.8) is 0 Å². The highest BCUT2D eigenvalue weighted by Gasteiger charge is 2.33. The summed E-state index contributed by atoms with van der Waals surface area (Å²) in [5.74, 6) is -0.678. The van der Waals surface area contributed by atoms with Crippen molar-refractivity contribution in [3.05, 3.63) is 0 Å². The van der Waals surface area contributed by atoms with Gasteiger partial charge in [0, 0.05) is 0 Å². The van der Waals surface area contributed by atoms with Gasteiger partial charge in [0.25, 0.3) is 0 Å². The van der Waals surface area contributed by atoms with E-state index in [4.69, 9.17) is 10.8 Å². The third kappa shape index (κ3) is 9.13. The van der Waals surface area contributed by atoms with Crippen LogP contribution in [0, 0.1) is 0 Å². The van der Waals surface area contributed by atoms with Crippen LogP contribution in [-0.2, 0) is 9.59 Å². The number of nitrogens with one attached hydrogen (secondary N) is 1. The van der Waals surface area contributed by atoms with Crippen molar-refractivity contribution in [2.45, 2.75) is 115 Å². The summed E-state index contributed by atoms with van der Waals surface area (Å²) in [5, 5.41) is 12.4. The molecule has 0 aromatic heterocycles. The van der Waals surface area contributed by atoms with Gasteiger partial charge in [0.1, 0.15) is 11.8 Å². The Balaban J connectivity index is 2.51. The second-order valence-corrected chi connectivity index (χ2v) is 8.04. The molecular formula is C21H40N2O3. The van der Waals surface area contributed by atoms with E-state index in [-0.39, 0.29) is 11.3 Å². The minimum atomic E-state index is -0.937.